The first-order valence-corrected chi connectivity index (χ1v) is 11.7. The standard InChI is InChI=1S/C23H27N3O3S/c1-15-6-5-7-20(14-15)22-24-23(29-25-22)19-8-10-26(11-9-19)30(27,28)21-17(3)12-16(2)13-18(21)4/h5-7,12-14,19H,8-11H2,1-4H3. The smallest absolute Gasteiger partial charge is 0.243 e. The first kappa shape index (κ1) is 20.8. The molecule has 158 valence electrons. The summed E-state index contributed by atoms with van der Waals surface area (Å²) in [5.41, 5.74) is 4.74. The second kappa shape index (κ2) is 7.96. The molecule has 0 saturated carbocycles. The van der Waals surface area contributed by atoms with E-state index in [9.17, 15) is 8.42 Å². The van der Waals surface area contributed by atoms with Crippen molar-refractivity contribution < 1.29 is 12.9 Å². The molecule has 0 spiro atoms. The molecule has 1 aliphatic rings. The van der Waals surface area contributed by atoms with E-state index in [0.717, 1.165) is 27.8 Å². The number of aromatic nitrogens is 2. The Balaban J connectivity index is 1.49. The minimum Gasteiger partial charge on any atom is -0.339 e. The van der Waals surface area contributed by atoms with Crippen molar-refractivity contribution in [1.29, 1.82) is 0 Å². The van der Waals surface area contributed by atoms with Crippen LogP contribution in [0.5, 0.6) is 0 Å². The lowest BCUT2D eigenvalue weighted by Crippen LogP contribution is -2.38. The maximum Gasteiger partial charge on any atom is 0.243 e. The molecule has 30 heavy (non-hydrogen) atoms. The number of benzene rings is 2. The van der Waals surface area contributed by atoms with Crippen molar-refractivity contribution in [3.8, 4) is 11.4 Å². The molecule has 0 bridgehead atoms. The fourth-order valence-electron chi connectivity index (χ4n) is 4.35. The van der Waals surface area contributed by atoms with Crippen LogP contribution in [0.2, 0.25) is 0 Å². The number of nitrogens with zero attached hydrogens (tertiary/aromatic N) is 3. The van der Waals surface area contributed by atoms with Crippen LogP contribution in [0, 0.1) is 27.7 Å². The highest BCUT2D eigenvalue weighted by Crippen LogP contribution is 2.33. The molecule has 1 fully saturated rings. The summed E-state index contributed by atoms with van der Waals surface area (Å²) in [6.07, 6.45) is 1.33. The van der Waals surface area contributed by atoms with Gasteiger partial charge in [-0.05, 0) is 57.7 Å². The Morgan fingerprint density at radius 1 is 0.967 bits per heavy atom. The molecule has 0 unspecified atom stereocenters. The normalized spacial score (nSPS) is 16.1. The van der Waals surface area contributed by atoms with Gasteiger partial charge >= 0.3 is 0 Å². The zero-order chi connectivity index (χ0) is 21.5. The van der Waals surface area contributed by atoms with E-state index < -0.39 is 10.0 Å². The summed E-state index contributed by atoms with van der Waals surface area (Å²) in [6.45, 7) is 8.63. The van der Waals surface area contributed by atoms with Crippen molar-refractivity contribution in [2.45, 2.75) is 51.3 Å². The molecule has 7 heteroatoms. The third kappa shape index (κ3) is 3.91. The Labute approximate surface area is 178 Å². The number of piperidine rings is 1. The molecule has 1 aromatic heterocycles. The number of hydrogen-bond acceptors (Lipinski definition) is 5. The molecule has 2 aromatic carbocycles. The lowest BCUT2D eigenvalue weighted by atomic mass is 9.98. The summed E-state index contributed by atoms with van der Waals surface area (Å²) < 4.78 is 33.7. The second-order valence-corrected chi connectivity index (χ2v) is 10.1. The van der Waals surface area contributed by atoms with Gasteiger partial charge in [-0.15, -0.1) is 0 Å². The minimum atomic E-state index is -3.52. The van der Waals surface area contributed by atoms with Crippen LogP contribution >= 0.6 is 0 Å². The van der Waals surface area contributed by atoms with Gasteiger partial charge in [0.1, 0.15) is 0 Å². The Bertz CT molecular complexity index is 1150. The van der Waals surface area contributed by atoms with Gasteiger partial charge in [0.05, 0.1) is 4.90 Å². The second-order valence-electron chi connectivity index (χ2n) is 8.23. The molecule has 3 aromatic rings. The first-order chi connectivity index (χ1) is 14.3. The molecule has 0 radical (unpaired) electrons. The summed E-state index contributed by atoms with van der Waals surface area (Å²) >= 11 is 0. The van der Waals surface area contributed by atoms with Gasteiger partial charge in [0, 0.05) is 24.6 Å². The van der Waals surface area contributed by atoms with Crippen LogP contribution in [-0.4, -0.2) is 36.0 Å². The zero-order valence-electron chi connectivity index (χ0n) is 17.8. The van der Waals surface area contributed by atoms with Crippen molar-refractivity contribution in [2.24, 2.45) is 0 Å². The molecular weight excluding hydrogens is 398 g/mol. The maximum atomic E-state index is 13.3. The molecule has 0 atom stereocenters. The lowest BCUT2D eigenvalue weighted by Gasteiger charge is -2.30. The van der Waals surface area contributed by atoms with Crippen LogP contribution in [0.1, 0.15) is 46.9 Å². The van der Waals surface area contributed by atoms with Crippen LogP contribution in [-0.2, 0) is 10.0 Å². The highest BCUT2D eigenvalue weighted by Gasteiger charge is 2.33. The van der Waals surface area contributed by atoms with Gasteiger partial charge < -0.3 is 4.52 Å². The Hall–Kier alpha value is -2.51. The van der Waals surface area contributed by atoms with Crippen molar-refractivity contribution in [2.75, 3.05) is 13.1 Å². The number of sulfonamides is 1. The van der Waals surface area contributed by atoms with Gasteiger partial charge in [-0.25, -0.2) is 8.42 Å². The summed E-state index contributed by atoms with van der Waals surface area (Å²) in [7, 11) is -3.52. The molecule has 1 saturated heterocycles. The molecule has 0 aliphatic carbocycles. The fraction of sp³-hybridized carbons (Fsp3) is 0.391. The third-order valence-corrected chi connectivity index (χ3v) is 7.93. The van der Waals surface area contributed by atoms with E-state index in [1.165, 1.54) is 0 Å². The first-order valence-electron chi connectivity index (χ1n) is 10.2. The van der Waals surface area contributed by atoms with Crippen LogP contribution in [0.4, 0.5) is 0 Å². The number of rotatable bonds is 4. The maximum absolute atomic E-state index is 13.3. The highest BCUT2D eigenvalue weighted by atomic mass is 32.2. The number of aryl methyl sites for hydroxylation is 4. The van der Waals surface area contributed by atoms with Crippen molar-refractivity contribution in [3.05, 3.63) is 64.5 Å². The third-order valence-electron chi connectivity index (χ3n) is 5.72. The molecule has 6 nitrogen and oxygen atoms in total. The summed E-state index contributed by atoms with van der Waals surface area (Å²) in [4.78, 5) is 5.02. The predicted octanol–water partition coefficient (Wildman–Crippen LogP) is 4.54. The highest BCUT2D eigenvalue weighted by molar-refractivity contribution is 7.89. The number of hydrogen-bond donors (Lipinski definition) is 0. The van der Waals surface area contributed by atoms with Crippen LogP contribution in [0.25, 0.3) is 11.4 Å². The van der Waals surface area contributed by atoms with Crippen LogP contribution in [0.15, 0.2) is 45.8 Å². The molecule has 0 amide bonds. The van der Waals surface area contributed by atoms with E-state index in [2.05, 4.69) is 10.1 Å². The molecule has 2 heterocycles. The van der Waals surface area contributed by atoms with Crippen molar-refractivity contribution >= 4 is 10.0 Å². The van der Waals surface area contributed by atoms with E-state index in [4.69, 9.17) is 4.52 Å². The topological polar surface area (TPSA) is 76.3 Å². The fourth-order valence-corrected chi connectivity index (χ4v) is 6.23. The van der Waals surface area contributed by atoms with Gasteiger partial charge in [0.2, 0.25) is 21.7 Å². The largest absolute Gasteiger partial charge is 0.339 e. The lowest BCUT2D eigenvalue weighted by molar-refractivity contribution is 0.270. The van der Waals surface area contributed by atoms with E-state index in [1.54, 1.807) is 4.31 Å². The molecular formula is C23H27N3O3S. The minimum absolute atomic E-state index is 0.0720. The van der Waals surface area contributed by atoms with E-state index in [0.29, 0.717) is 42.5 Å². The zero-order valence-corrected chi connectivity index (χ0v) is 18.7. The quantitative estimate of drug-likeness (QED) is 0.613. The summed E-state index contributed by atoms with van der Waals surface area (Å²) in [6, 6.07) is 11.8. The van der Waals surface area contributed by atoms with E-state index in [1.807, 2.05) is 64.1 Å². The predicted molar refractivity (Wildman–Crippen MR) is 116 cm³/mol. The van der Waals surface area contributed by atoms with Gasteiger partial charge in [0.25, 0.3) is 0 Å². The summed E-state index contributed by atoms with van der Waals surface area (Å²) in [5.74, 6) is 1.24. The molecule has 1 aliphatic heterocycles. The van der Waals surface area contributed by atoms with Gasteiger partial charge in [-0.2, -0.15) is 9.29 Å². The van der Waals surface area contributed by atoms with E-state index >= 15 is 0 Å². The average Bonchev–Trinajstić information content (AvgIpc) is 3.17. The Morgan fingerprint density at radius 3 is 2.27 bits per heavy atom. The van der Waals surface area contributed by atoms with Gasteiger partial charge in [-0.1, -0.05) is 46.6 Å². The molecule has 0 N–H and O–H groups in total. The van der Waals surface area contributed by atoms with Crippen LogP contribution < -0.4 is 0 Å². The Kier molecular flexibility index (Phi) is 5.51. The SMILES string of the molecule is Cc1cccc(-c2noc(C3CCN(S(=O)(=O)c4c(C)cc(C)cc4C)CC3)n2)c1. The summed E-state index contributed by atoms with van der Waals surface area (Å²) in [5, 5.41) is 4.13. The van der Waals surface area contributed by atoms with Crippen molar-refractivity contribution in [3.63, 3.8) is 0 Å². The Morgan fingerprint density at radius 2 is 1.63 bits per heavy atom. The average molecular weight is 426 g/mol. The van der Waals surface area contributed by atoms with Gasteiger partial charge in [0.15, 0.2) is 0 Å². The molecule has 4 rings (SSSR count). The van der Waals surface area contributed by atoms with E-state index in [-0.39, 0.29) is 5.92 Å². The van der Waals surface area contributed by atoms with Crippen LogP contribution in [0.3, 0.4) is 0 Å². The monoisotopic (exact) mass is 425 g/mol. The van der Waals surface area contributed by atoms with Gasteiger partial charge in [-0.3, -0.25) is 0 Å². The van der Waals surface area contributed by atoms with Crippen molar-refractivity contribution in [1.82, 2.24) is 14.4 Å².